The molecular weight excluding hydrogens is 491 g/mol. The second-order valence-corrected chi connectivity index (χ2v) is 10.7. The minimum absolute atomic E-state index is 0.0288. The van der Waals surface area contributed by atoms with E-state index >= 15 is 0 Å². The summed E-state index contributed by atoms with van der Waals surface area (Å²) in [6.07, 6.45) is 11.1. The van der Waals surface area contributed by atoms with Gasteiger partial charge in [0.1, 0.15) is 11.5 Å². The lowest BCUT2D eigenvalue weighted by molar-refractivity contribution is 0.00382. The number of piperidine rings is 1. The van der Waals surface area contributed by atoms with Gasteiger partial charge < -0.3 is 19.5 Å². The zero-order chi connectivity index (χ0) is 27.4. The molecule has 2 aromatic carbocycles. The summed E-state index contributed by atoms with van der Waals surface area (Å²) in [5.41, 5.74) is 2.60. The fourth-order valence-electron chi connectivity index (χ4n) is 6.02. The van der Waals surface area contributed by atoms with Gasteiger partial charge in [-0.15, -0.1) is 13.2 Å². The van der Waals surface area contributed by atoms with E-state index in [2.05, 4.69) is 23.0 Å². The summed E-state index contributed by atoms with van der Waals surface area (Å²) in [5.74, 6) is -0.309. The molecule has 0 bridgehead atoms. The van der Waals surface area contributed by atoms with E-state index in [4.69, 9.17) is 0 Å². The lowest BCUT2D eigenvalue weighted by Gasteiger charge is -2.40. The standard InChI is InChI=1S/C32H37FN4O2/c1-3-29(28-10-6-5-9-27(28)24-11-13-25(33)14-12-24)37-23-34-22-30(37)31(38)36-18-7-8-26(15-19-36)35-20-16-32(39,4-2)17-21-35/h3-6,9-14,22-23,26,29,39H,1-2,7-8,15-21H2/t26?,29-/m0/s1. The van der Waals surface area contributed by atoms with Gasteiger partial charge in [0.25, 0.3) is 5.91 Å². The first-order chi connectivity index (χ1) is 18.9. The molecule has 1 amide bonds. The Morgan fingerprint density at radius 2 is 1.79 bits per heavy atom. The number of nitrogens with zero attached hydrogens (tertiary/aromatic N) is 4. The number of amides is 1. The molecule has 0 aliphatic carbocycles. The van der Waals surface area contributed by atoms with Crippen LogP contribution in [-0.2, 0) is 0 Å². The molecule has 204 valence electrons. The van der Waals surface area contributed by atoms with Gasteiger partial charge in [-0.25, -0.2) is 9.37 Å². The molecule has 2 saturated heterocycles. The van der Waals surface area contributed by atoms with Crippen LogP contribution >= 0.6 is 0 Å². The lowest BCUT2D eigenvalue weighted by Crippen LogP contribution is -2.47. The third-order valence-electron chi connectivity index (χ3n) is 8.39. The largest absolute Gasteiger partial charge is 0.386 e. The van der Waals surface area contributed by atoms with E-state index in [1.807, 2.05) is 39.8 Å². The molecule has 2 atom stereocenters. The maximum Gasteiger partial charge on any atom is 0.272 e. The van der Waals surface area contributed by atoms with Crippen molar-refractivity contribution in [2.24, 2.45) is 0 Å². The van der Waals surface area contributed by atoms with Crippen LogP contribution in [-0.4, -0.2) is 68.2 Å². The summed E-state index contributed by atoms with van der Waals surface area (Å²) in [4.78, 5) is 22.6. The van der Waals surface area contributed by atoms with Crippen LogP contribution in [0.3, 0.4) is 0 Å². The number of halogens is 1. The molecule has 2 fully saturated rings. The SMILES string of the molecule is C=C[C@@H](c1ccccc1-c1ccc(F)cc1)n1cncc1C(=O)N1CCCC(N2CCC(O)(C=C)CC2)CC1. The fraction of sp³-hybridized carbons (Fsp3) is 0.375. The second kappa shape index (κ2) is 11.7. The summed E-state index contributed by atoms with van der Waals surface area (Å²) in [5, 5.41) is 10.5. The third kappa shape index (κ3) is 5.75. The molecule has 39 heavy (non-hydrogen) atoms. The Hall–Kier alpha value is -3.55. The van der Waals surface area contributed by atoms with Crippen molar-refractivity contribution in [1.29, 1.82) is 0 Å². The maximum absolute atomic E-state index is 13.8. The van der Waals surface area contributed by atoms with Gasteiger partial charge in [-0.2, -0.15) is 0 Å². The highest BCUT2D eigenvalue weighted by Gasteiger charge is 2.34. The zero-order valence-electron chi connectivity index (χ0n) is 22.4. The quantitative estimate of drug-likeness (QED) is 0.413. The van der Waals surface area contributed by atoms with Gasteiger partial charge in [-0.3, -0.25) is 4.79 Å². The van der Waals surface area contributed by atoms with Crippen molar-refractivity contribution in [2.45, 2.75) is 49.8 Å². The second-order valence-electron chi connectivity index (χ2n) is 10.7. The van der Waals surface area contributed by atoms with Gasteiger partial charge in [-0.05, 0) is 60.9 Å². The molecule has 1 aromatic heterocycles. The van der Waals surface area contributed by atoms with Crippen molar-refractivity contribution >= 4 is 5.91 Å². The first kappa shape index (κ1) is 27.0. The number of rotatable bonds is 7. The van der Waals surface area contributed by atoms with Crippen molar-refractivity contribution in [3.63, 3.8) is 0 Å². The first-order valence-electron chi connectivity index (χ1n) is 13.8. The zero-order valence-corrected chi connectivity index (χ0v) is 22.4. The van der Waals surface area contributed by atoms with Crippen LogP contribution < -0.4 is 0 Å². The van der Waals surface area contributed by atoms with Crippen LogP contribution in [0.15, 0.2) is 86.4 Å². The van der Waals surface area contributed by atoms with Crippen molar-refractivity contribution in [1.82, 2.24) is 19.4 Å². The highest BCUT2D eigenvalue weighted by atomic mass is 19.1. The monoisotopic (exact) mass is 528 g/mol. The number of likely N-dealkylation sites (tertiary alicyclic amines) is 2. The van der Waals surface area contributed by atoms with Crippen molar-refractivity contribution in [3.05, 3.63) is 103 Å². The highest BCUT2D eigenvalue weighted by Crippen LogP contribution is 2.33. The Balaban J connectivity index is 1.33. The van der Waals surface area contributed by atoms with Gasteiger partial charge in [0.15, 0.2) is 0 Å². The number of carbonyl (C=O) groups excluding carboxylic acids is 1. The molecule has 1 unspecified atom stereocenters. The van der Waals surface area contributed by atoms with Crippen LogP contribution in [0.5, 0.6) is 0 Å². The predicted molar refractivity (Wildman–Crippen MR) is 152 cm³/mol. The average molecular weight is 529 g/mol. The van der Waals surface area contributed by atoms with E-state index in [1.54, 1.807) is 30.7 Å². The topological polar surface area (TPSA) is 61.6 Å². The first-order valence-corrected chi connectivity index (χ1v) is 13.8. The molecule has 7 heteroatoms. The highest BCUT2D eigenvalue weighted by molar-refractivity contribution is 5.92. The number of aliphatic hydroxyl groups is 1. The van der Waals surface area contributed by atoms with Gasteiger partial charge in [0, 0.05) is 32.2 Å². The molecule has 1 N–H and O–H groups in total. The Labute approximate surface area is 230 Å². The van der Waals surface area contributed by atoms with Gasteiger partial charge in [0.2, 0.25) is 0 Å². The summed E-state index contributed by atoms with van der Waals surface area (Å²) < 4.78 is 15.5. The van der Waals surface area contributed by atoms with E-state index < -0.39 is 5.60 Å². The fourth-order valence-corrected chi connectivity index (χ4v) is 6.02. The van der Waals surface area contributed by atoms with Gasteiger partial charge >= 0.3 is 0 Å². The number of hydrogen-bond donors (Lipinski definition) is 1. The molecule has 2 aliphatic heterocycles. The third-order valence-corrected chi connectivity index (χ3v) is 8.39. The minimum Gasteiger partial charge on any atom is -0.386 e. The molecule has 0 saturated carbocycles. The number of aromatic nitrogens is 2. The summed E-state index contributed by atoms with van der Waals surface area (Å²) >= 11 is 0. The van der Waals surface area contributed by atoms with Crippen molar-refractivity contribution in [2.75, 3.05) is 26.2 Å². The number of imidazole rings is 1. The molecule has 0 spiro atoms. The van der Waals surface area contributed by atoms with Crippen LogP contribution in [0.25, 0.3) is 11.1 Å². The summed E-state index contributed by atoms with van der Waals surface area (Å²) in [7, 11) is 0. The smallest absolute Gasteiger partial charge is 0.272 e. The van der Waals surface area contributed by atoms with Gasteiger partial charge in [0.05, 0.1) is 24.2 Å². The van der Waals surface area contributed by atoms with Crippen LogP contribution in [0, 0.1) is 5.82 Å². The van der Waals surface area contributed by atoms with Crippen molar-refractivity contribution < 1.29 is 14.3 Å². The van der Waals surface area contributed by atoms with Crippen LogP contribution in [0.2, 0.25) is 0 Å². The molecule has 2 aliphatic rings. The number of benzene rings is 2. The molecule has 0 radical (unpaired) electrons. The Bertz CT molecular complexity index is 1310. The van der Waals surface area contributed by atoms with E-state index in [-0.39, 0.29) is 17.8 Å². The normalized spacial score (nSPS) is 20.7. The lowest BCUT2D eigenvalue weighted by atomic mass is 9.90. The molecular formula is C32H37FN4O2. The summed E-state index contributed by atoms with van der Waals surface area (Å²) in [6.45, 7) is 11.0. The van der Waals surface area contributed by atoms with Crippen LogP contribution in [0.4, 0.5) is 4.39 Å². The van der Waals surface area contributed by atoms with E-state index in [0.29, 0.717) is 37.7 Å². The molecule has 3 heterocycles. The van der Waals surface area contributed by atoms with Crippen molar-refractivity contribution in [3.8, 4) is 11.1 Å². The Morgan fingerprint density at radius 1 is 1.05 bits per heavy atom. The average Bonchev–Trinajstić information content (AvgIpc) is 3.31. The van der Waals surface area contributed by atoms with Crippen LogP contribution in [0.1, 0.15) is 54.2 Å². The Kier molecular flexibility index (Phi) is 8.10. The number of hydrogen-bond acceptors (Lipinski definition) is 4. The van der Waals surface area contributed by atoms with E-state index in [0.717, 1.165) is 49.0 Å². The number of allylic oxidation sites excluding steroid dienone is 1. The van der Waals surface area contributed by atoms with E-state index in [9.17, 15) is 14.3 Å². The molecule has 5 rings (SSSR count). The molecule has 6 nitrogen and oxygen atoms in total. The Morgan fingerprint density at radius 3 is 2.51 bits per heavy atom. The maximum atomic E-state index is 13.8. The molecule has 3 aromatic rings. The van der Waals surface area contributed by atoms with E-state index in [1.165, 1.54) is 12.1 Å². The summed E-state index contributed by atoms with van der Waals surface area (Å²) in [6, 6.07) is 14.5. The minimum atomic E-state index is -0.751. The predicted octanol–water partition coefficient (Wildman–Crippen LogP) is 5.47. The van der Waals surface area contributed by atoms with Gasteiger partial charge in [-0.1, -0.05) is 48.6 Å². The number of carbonyl (C=O) groups is 1.